The van der Waals surface area contributed by atoms with E-state index in [2.05, 4.69) is 54.7 Å². The quantitative estimate of drug-likeness (QED) is 0.875. The Labute approximate surface area is 129 Å². The van der Waals surface area contributed by atoms with Crippen molar-refractivity contribution < 1.29 is 0 Å². The number of likely N-dealkylation sites (tertiary alicyclic amines) is 1. The van der Waals surface area contributed by atoms with Gasteiger partial charge in [0.1, 0.15) is 0 Å². The van der Waals surface area contributed by atoms with Gasteiger partial charge in [-0.2, -0.15) is 5.10 Å². The van der Waals surface area contributed by atoms with Gasteiger partial charge in [0.15, 0.2) is 0 Å². The highest BCUT2D eigenvalue weighted by molar-refractivity contribution is 5.27. The van der Waals surface area contributed by atoms with Gasteiger partial charge in [-0.25, -0.2) is 0 Å². The van der Waals surface area contributed by atoms with Crippen molar-refractivity contribution in [3.8, 4) is 0 Å². The molecule has 1 aliphatic heterocycles. The zero-order valence-electron chi connectivity index (χ0n) is 14.4. The summed E-state index contributed by atoms with van der Waals surface area (Å²) < 4.78 is 2.11. The van der Waals surface area contributed by atoms with Crippen LogP contribution in [0, 0.1) is 19.8 Å². The molecule has 0 spiro atoms. The van der Waals surface area contributed by atoms with Crippen LogP contribution in [-0.2, 0) is 6.54 Å². The molecule has 0 aliphatic carbocycles. The summed E-state index contributed by atoms with van der Waals surface area (Å²) in [5.74, 6) is 0.904. The van der Waals surface area contributed by atoms with E-state index in [1.165, 1.54) is 49.3 Å². The molecule has 0 bridgehead atoms. The van der Waals surface area contributed by atoms with Crippen molar-refractivity contribution in [2.45, 2.75) is 59.5 Å². The predicted molar refractivity (Wildman–Crippen MR) is 88.6 cm³/mol. The molecule has 2 rings (SSSR count). The highest BCUT2D eigenvalue weighted by atomic mass is 15.3. The van der Waals surface area contributed by atoms with E-state index < -0.39 is 0 Å². The lowest BCUT2D eigenvalue weighted by Crippen LogP contribution is -2.32. The minimum atomic E-state index is 0.400. The molecule has 0 aromatic carbocycles. The number of nitrogens with one attached hydrogen (secondary N) is 1. The second-order valence-electron chi connectivity index (χ2n) is 6.61. The SMILES string of the molecule is CCn1nc(C)c(C(C)NCCC2CCN(C)CC2)c1C. The minimum absolute atomic E-state index is 0.400. The van der Waals surface area contributed by atoms with E-state index in [1.807, 2.05) is 0 Å². The summed E-state index contributed by atoms with van der Waals surface area (Å²) in [7, 11) is 2.23. The molecule has 120 valence electrons. The Bertz CT molecular complexity index is 444. The summed E-state index contributed by atoms with van der Waals surface area (Å²) >= 11 is 0. The second-order valence-corrected chi connectivity index (χ2v) is 6.61. The molecule has 1 atom stereocenters. The first-order chi connectivity index (χ1) is 10.0. The number of aryl methyl sites for hydroxylation is 2. The van der Waals surface area contributed by atoms with Gasteiger partial charge in [-0.1, -0.05) is 0 Å². The molecule has 1 aromatic rings. The summed E-state index contributed by atoms with van der Waals surface area (Å²) in [6.07, 6.45) is 4.02. The molecule has 4 heteroatoms. The fraction of sp³-hybridized carbons (Fsp3) is 0.824. The average molecular weight is 292 g/mol. The molecule has 0 amide bonds. The van der Waals surface area contributed by atoms with Crippen molar-refractivity contribution in [2.24, 2.45) is 5.92 Å². The Morgan fingerprint density at radius 1 is 1.29 bits per heavy atom. The first-order valence-electron chi connectivity index (χ1n) is 8.48. The third kappa shape index (κ3) is 4.07. The normalized spacial score (nSPS) is 19.1. The number of nitrogens with zero attached hydrogens (tertiary/aromatic N) is 3. The topological polar surface area (TPSA) is 33.1 Å². The van der Waals surface area contributed by atoms with Gasteiger partial charge in [0.25, 0.3) is 0 Å². The van der Waals surface area contributed by atoms with Crippen LogP contribution in [0.4, 0.5) is 0 Å². The molecular formula is C17H32N4. The fourth-order valence-corrected chi connectivity index (χ4v) is 3.60. The van der Waals surface area contributed by atoms with Gasteiger partial charge in [0.05, 0.1) is 5.69 Å². The third-order valence-electron chi connectivity index (χ3n) is 5.01. The highest BCUT2D eigenvalue weighted by Gasteiger charge is 2.19. The predicted octanol–water partition coefficient (Wildman–Crippen LogP) is 2.90. The zero-order valence-corrected chi connectivity index (χ0v) is 14.4. The molecule has 1 saturated heterocycles. The molecule has 1 aliphatic rings. The zero-order chi connectivity index (χ0) is 15.4. The average Bonchev–Trinajstić information content (AvgIpc) is 2.75. The van der Waals surface area contributed by atoms with Gasteiger partial charge >= 0.3 is 0 Å². The highest BCUT2D eigenvalue weighted by Crippen LogP contribution is 2.23. The number of rotatable bonds is 6. The van der Waals surface area contributed by atoms with Crippen LogP contribution in [0.25, 0.3) is 0 Å². The van der Waals surface area contributed by atoms with E-state index in [0.29, 0.717) is 6.04 Å². The lowest BCUT2D eigenvalue weighted by atomic mass is 9.93. The summed E-state index contributed by atoms with van der Waals surface area (Å²) in [5, 5.41) is 8.34. The van der Waals surface area contributed by atoms with Gasteiger partial charge in [-0.05, 0) is 79.6 Å². The van der Waals surface area contributed by atoms with Crippen molar-refractivity contribution >= 4 is 0 Å². The maximum Gasteiger partial charge on any atom is 0.0644 e. The number of piperidine rings is 1. The molecule has 0 saturated carbocycles. The molecular weight excluding hydrogens is 260 g/mol. The van der Waals surface area contributed by atoms with Crippen LogP contribution in [0.3, 0.4) is 0 Å². The fourth-order valence-electron chi connectivity index (χ4n) is 3.60. The van der Waals surface area contributed by atoms with E-state index in [-0.39, 0.29) is 0 Å². The van der Waals surface area contributed by atoms with Gasteiger partial charge in [0.2, 0.25) is 0 Å². The first-order valence-corrected chi connectivity index (χ1v) is 8.48. The van der Waals surface area contributed by atoms with Crippen LogP contribution < -0.4 is 5.32 Å². The van der Waals surface area contributed by atoms with Crippen molar-refractivity contribution in [1.29, 1.82) is 0 Å². The van der Waals surface area contributed by atoms with E-state index in [9.17, 15) is 0 Å². The molecule has 21 heavy (non-hydrogen) atoms. The number of hydrogen-bond donors (Lipinski definition) is 1. The minimum Gasteiger partial charge on any atom is -0.310 e. The van der Waals surface area contributed by atoms with Crippen molar-refractivity contribution in [3.63, 3.8) is 0 Å². The molecule has 1 N–H and O–H groups in total. The third-order valence-corrected chi connectivity index (χ3v) is 5.01. The van der Waals surface area contributed by atoms with Gasteiger partial charge < -0.3 is 10.2 Å². The lowest BCUT2D eigenvalue weighted by molar-refractivity contribution is 0.211. The van der Waals surface area contributed by atoms with Crippen molar-refractivity contribution in [3.05, 3.63) is 17.0 Å². The Balaban J connectivity index is 1.82. The smallest absolute Gasteiger partial charge is 0.0644 e. The largest absolute Gasteiger partial charge is 0.310 e. The molecule has 4 nitrogen and oxygen atoms in total. The number of aromatic nitrogens is 2. The number of hydrogen-bond acceptors (Lipinski definition) is 3. The monoisotopic (exact) mass is 292 g/mol. The standard InChI is InChI=1S/C17H32N4/c1-6-21-15(4)17(14(3)19-21)13(2)18-10-7-16-8-11-20(5)12-9-16/h13,16,18H,6-12H2,1-5H3. The molecule has 0 radical (unpaired) electrons. The van der Waals surface area contributed by atoms with Gasteiger partial charge in [-0.3, -0.25) is 4.68 Å². The first kappa shape index (κ1) is 16.5. The second kappa shape index (κ2) is 7.41. The van der Waals surface area contributed by atoms with Crippen LogP contribution >= 0.6 is 0 Å². The molecule has 1 aromatic heterocycles. The van der Waals surface area contributed by atoms with Gasteiger partial charge in [0, 0.05) is 23.8 Å². The van der Waals surface area contributed by atoms with Crippen molar-refractivity contribution in [2.75, 3.05) is 26.7 Å². The summed E-state index contributed by atoms with van der Waals surface area (Å²) in [6.45, 7) is 13.3. The lowest BCUT2D eigenvalue weighted by Gasteiger charge is -2.29. The van der Waals surface area contributed by atoms with E-state index in [4.69, 9.17) is 0 Å². The van der Waals surface area contributed by atoms with E-state index >= 15 is 0 Å². The van der Waals surface area contributed by atoms with E-state index in [0.717, 1.165) is 19.0 Å². The summed E-state index contributed by atoms with van der Waals surface area (Å²) in [5.41, 5.74) is 3.88. The molecule has 1 unspecified atom stereocenters. The summed E-state index contributed by atoms with van der Waals surface area (Å²) in [6, 6.07) is 0.400. The molecule has 2 heterocycles. The Morgan fingerprint density at radius 2 is 1.95 bits per heavy atom. The maximum absolute atomic E-state index is 4.63. The van der Waals surface area contributed by atoms with Crippen LogP contribution in [0.5, 0.6) is 0 Å². The Kier molecular flexibility index (Phi) is 5.82. The summed E-state index contributed by atoms with van der Waals surface area (Å²) in [4.78, 5) is 2.44. The van der Waals surface area contributed by atoms with Gasteiger partial charge in [-0.15, -0.1) is 0 Å². The van der Waals surface area contributed by atoms with Crippen molar-refractivity contribution in [1.82, 2.24) is 20.0 Å². The maximum atomic E-state index is 4.63. The Morgan fingerprint density at radius 3 is 2.52 bits per heavy atom. The van der Waals surface area contributed by atoms with Crippen LogP contribution in [0.15, 0.2) is 0 Å². The van der Waals surface area contributed by atoms with Crippen LogP contribution in [0.1, 0.15) is 56.1 Å². The van der Waals surface area contributed by atoms with Crippen LogP contribution in [0.2, 0.25) is 0 Å². The molecule has 1 fully saturated rings. The van der Waals surface area contributed by atoms with Crippen LogP contribution in [-0.4, -0.2) is 41.4 Å². The Hall–Kier alpha value is -0.870. The van der Waals surface area contributed by atoms with E-state index in [1.54, 1.807) is 0 Å².